The van der Waals surface area contributed by atoms with Crippen molar-refractivity contribution in [3.05, 3.63) is 102 Å². The average Bonchev–Trinajstić information content (AvgIpc) is 3.34. The van der Waals surface area contributed by atoms with Crippen LogP contribution in [0.4, 0.5) is 0 Å². The average molecular weight is 399 g/mol. The highest BCUT2D eigenvalue weighted by Gasteiger charge is 2.07. The molecule has 0 bridgehead atoms. The largest absolute Gasteiger partial charge is 0.489 e. The summed E-state index contributed by atoms with van der Waals surface area (Å²) in [6.07, 6.45) is 2.22. The van der Waals surface area contributed by atoms with Crippen LogP contribution in [-0.2, 0) is 13.0 Å². The number of hydrogen-bond donors (Lipinski definition) is 1. The van der Waals surface area contributed by atoms with Crippen LogP contribution in [0, 0.1) is 0 Å². The first-order chi connectivity index (χ1) is 14.8. The Morgan fingerprint density at radius 1 is 0.933 bits per heavy atom. The fourth-order valence-corrected chi connectivity index (χ4v) is 2.98. The molecular weight excluding hydrogens is 378 g/mol. The maximum atomic E-state index is 12.4. The van der Waals surface area contributed by atoms with E-state index in [4.69, 9.17) is 4.74 Å². The molecule has 0 aliphatic heterocycles. The molecular formula is C23H21N5O2. The molecule has 4 rings (SSSR count). The summed E-state index contributed by atoms with van der Waals surface area (Å²) < 4.78 is 7.32. The van der Waals surface area contributed by atoms with E-state index in [1.807, 2.05) is 60.7 Å². The number of amides is 1. The predicted octanol–water partition coefficient (Wildman–Crippen LogP) is 3.21. The molecule has 1 amide bonds. The Kier molecular flexibility index (Phi) is 6.10. The highest BCUT2D eigenvalue weighted by atomic mass is 16.5. The number of benzene rings is 3. The van der Waals surface area contributed by atoms with Gasteiger partial charge in [0.25, 0.3) is 5.91 Å². The predicted molar refractivity (Wildman–Crippen MR) is 112 cm³/mol. The van der Waals surface area contributed by atoms with Gasteiger partial charge in [0.05, 0.1) is 5.69 Å². The van der Waals surface area contributed by atoms with Gasteiger partial charge in [-0.15, -0.1) is 5.10 Å². The molecule has 30 heavy (non-hydrogen) atoms. The van der Waals surface area contributed by atoms with Gasteiger partial charge < -0.3 is 10.1 Å². The normalized spacial score (nSPS) is 10.5. The lowest BCUT2D eigenvalue weighted by atomic mass is 10.1. The molecule has 0 saturated heterocycles. The highest BCUT2D eigenvalue weighted by Crippen LogP contribution is 2.15. The first-order valence-electron chi connectivity index (χ1n) is 9.65. The maximum absolute atomic E-state index is 12.4. The van der Waals surface area contributed by atoms with E-state index in [1.54, 1.807) is 18.2 Å². The number of rotatable bonds is 8. The summed E-state index contributed by atoms with van der Waals surface area (Å²) in [6, 6.07) is 25.2. The second-order valence-corrected chi connectivity index (χ2v) is 6.73. The Morgan fingerprint density at radius 2 is 1.77 bits per heavy atom. The Bertz CT molecular complexity index is 1080. The molecule has 7 nitrogen and oxygen atoms in total. The Balaban J connectivity index is 1.26. The van der Waals surface area contributed by atoms with Gasteiger partial charge >= 0.3 is 0 Å². The molecule has 0 unspecified atom stereocenters. The molecule has 0 radical (unpaired) electrons. The van der Waals surface area contributed by atoms with E-state index < -0.39 is 0 Å². The van der Waals surface area contributed by atoms with Crippen molar-refractivity contribution >= 4 is 5.91 Å². The van der Waals surface area contributed by atoms with E-state index >= 15 is 0 Å². The molecule has 3 aromatic carbocycles. The summed E-state index contributed by atoms with van der Waals surface area (Å²) in [5.41, 5.74) is 3.56. The number of ether oxygens (including phenoxy) is 1. The van der Waals surface area contributed by atoms with Crippen molar-refractivity contribution in [1.82, 2.24) is 25.5 Å². The van der Waals surface area contributed by atoms with E-state index in [9.17, 15) is 4.79 Å². The number of carbonyl (C=O) groups excluding carboxylic acids is 1. The fraction of sp³-hybridized carbons (Fsp3) is 0.130. The van der Waals surface area contributed by atoms with Crippen LogP contribution in [0.25, 0.3) is 5.69 Å². The van der Waals surface area contributed by atoms with Crippen LogP contribution >= 0.6 is 0 Å². The van der Waals surface area contributed by atoms with Gasteiger partial charge in [-0.25, -0.2) is 4.68 Å². The molecule has 0 aliphatic rings. The van der Waals surface area contributed by atoms with Gasteiger partial charge in [-0.1, -0.05) is 48.5 Å². The molecule has 150 valence electrons. The summed E-state index contributed by atoms with van der Waals surface area (Å²) in [5, 5.41) is 14.0. The highest BCUT2D eigenvalue weighted by molar-refractivity contribution is 5.94. The lowest BCUT2D eigenvalue weighted by molar-refractivity contribution is 0.0954. The van der Waals surface area contributed by atoms with Gasteiger partial charge in [-0.2, -0.15) is 0 Å². The van der Waals surface area contributed by atoms with Gasteiger partial charge in [-0.3, -0.25) is 4.79 Å². The maximum Gasteiger partial charge on any atom is 0.251 e. The van der Waals surface area contributed by atoms with E-state index in [0.717, 1.165) is 29.0 Å². The van der Waals surface area contributed by atoms with Crippen molar-refractivity contribution in [2.45, 2.75) is 13.0 Å². The lowest BCUT2D eigenvalue weighted by Crippen LogP contribution is -2.25. The van der Waals surface area contributed by atoms with Crippen LogP contribution < -0.4 is 10.1 Å². The molecule has 1 N–H and O–H groups in total. The molecule has 0 atom stereocenters. The zero-order valence-corrected chi connectivity index (χ0v) is 16.3. The SMILES string of the molecule is O=C(NCCc1ccc(OCc2ccccc2)cc1)c1cccc(-n2cnnn2)c1. The monoisotopic (exact) mass is 399 g/mol. The second-order valence-electron chi connectivity index (χ2n) is 6.73. The number of nitrogens with zero attached hydrogens (tertiary/aromatic N) is 4. The summed E-state index contributed by atoms with van der Waals surface area (Å²) in [4.78, 5) is 12.4. The van der Waals surface area contributed by atoms with Crippen LogP contribution in [0.15, 0.2) is 85.2 Å². The van der Waals surface area contributed by atoms with Gasteiger partial charge in [0.15, 0.2) is 0 Å². The smallest absolute Gasteiger partial charge is 0.251 e. The van der Waals surface area contributed by atoms with Crippen LogP contribution in [0.3, 0.4) is 0 Å². The number of carbonyl (C=O) groups is 1. The van der Waals surface area contributed by atoms with E-state index in [2.05, 4.69) is 20.8 Å². The zero-order valence-electron chi connectivity index (χ0n) is 16.3. The molecule has 0 saturated carbocycles. The third-order valence-electron chi connectivity index (χ3n) is 4.59. The van der Waals surface area contributed by atoms with Crippen LogP contribution in [0.1, 0.15) is 21.5 Å². The van der Waals surface area contributed by atoms with Crippen LogP contribution in [0.5, 0.6) is 5.75 Å². The van der Waals surface area contributed by atoms with E-state index in [1.165, 1.54) is 11.0 Å². The first kappa shape index (κ1) is 19.3. The Hall–Kier alpha value is -4.00. The van der Waals surface area contributed by atoms with E-state index in [-0.39, 0.29) is 5.91 Å². The molecule has 1 heterocycles. The van der Waals surface area contributed by atoms with Crippen molar-refractivity contribution < 1.29 is 9.53 Å². The number of tetrazole rings is 1. The molecule has 0 fully saturated rings. The number of nitrogens with one attached hydrogen (secondary N) is 1. The first-order valence-corrected chi connectivity index (χ1v) is 9.65. The summed E-state index contributed by atoms with van der Waals surface area (Å²) >= 11 is 0. The van der Waals surface area contributed by atoms with Gasteiger partial charge in [-0.05, 0) is 58.3 Å². The second kappa shape index (κ2) is 9.47. The Morgan fingerprint density at radius 3 is 2.53 bits per heavy atom. The van der Waals surface area contributed by atoms with Gasteiger partial charge in [0, 0.05) is 12.1 Å². The minimum atomic E-state index is -0.132. The van der Waals surface area contributed by atoms with Crippen LogP contribution in [-0.4, -0.2) is 32.7 Å². The van der Waals surface area contributed by atoms with Crippen molar-refractivity contribution in [2.24, 2.45) is 0 Å². The lowest BCUT2D eigenvalue weighted by Gasteiger charge is -2.09. The van der Waals surface area contributed by atoms with E-state index in [0.29, 0.717) is 18.7 Å². The minimum Gasteiger partial charge on any atom is -0.489 e. The van der Waals surface area contributed by atoms with Gasteiger partial charge in [0.1, 0.15) is 18.7 Å². The summed E-state index contributed by atoms with van der Waals surface area (Å²) in [7, 11) is 0. The quantitative estimate of drug-likeness (QED) is 0.492. The third kappa shape index (κ3) is 5.08. The topological polar surface area (TPSA) is 81.9 Å². The van der Waals surface area contributed by atoms with Crippen molar-refractivity contribution in [1.29, 1.82) is 0 Å². The summed E-state index contributed by atoms with van der Waals surface area (Å²) in [6.45, 7) is 1.08. The molecule has 0 aliphatic carbocycles. The third-order valence-corrected chi connectivity index (χ3v) is 4.59. The standard InChI is InChI=1S/C23H21N5O2/c29-23(20-7-4-8-21(15-20)28-17-25-26-27-28)24-14-13-18-9-11-22(12-10-18)30-16-19-5-2-1-3-6-19/h1-12,15,17H,13-14,16H2,(H,24,29). The van der Waals surface area contributed by atoms with Gasteiger partial charge in [0.2, 0.25) is 0 Å². The molecule has 7 heteroatoms. The fourth-order valence-electron chi connectivity index (χ4n) is 2.98. The molecule has 4 aromatic rings. The molecule has 1 aromatic heterocycles. The number of aromatic nitrogens is 4. The van der Waals surface area contributed by atoms with Crippen molar-refractivity contribution in [3.8, 4) is 11.4 Å². The van der Waals surface area contributed by atoms with Crippen molar-refractivity contribution in [2.75, 3.05) is 6.54 Å². The minimum absolute atomic E-state index is 0.132. The molecule has 0 spiro atoms. The van der Waals surface area contributed by atoms with Crippen LogP contribution in [0.2, 0.25) is 0 Å². The summed E-state index contributed by atoms with van der Waals surface area (Å²) in [5.74, 6) is 0.693. The number of hydrogen-bond acceptors (Lipinski definition) is 5. The Labute approximate surface area is 174 Å². The zero-order chi connectivity index (χ0) is 20.6. The van der Waals surface area contributed by atoms with Crippen molar-refractivity contribution in [3.63, 3.8) is 0 Å².